The number of alkyl halides is 10. The minimum absolute atomic E-state index is 0.0632. The number of rotatable bonds is 6. The van der Waals surface area contributed by atoms with E-state index in [9.17, 15) is 63.1 Å². The van der Waals surface area contributed by atoms with E-state index in [2.05, 4.69) is 19.2 Å². The van der Waals surface area contributed by atoms with Gasteiger partial charge >= 0.3 is 25.6 Å². The van der Waals surface area contributed by atoms with Crippen molar-refractivity contribution in [3.8, 4) is 0 Å². The van der Waals surface area contributed by atoms with Crippen molar-refractivity contribution in [2.45, 2.75) is 101 Å². The average Bonchev–Trinajstić information content (AvgIpc) is 3.87. The van der Waals surface area contributed by atoms with Crippen molar-refractivity contribution in [3.63, 3.8) is 0 Å². The number of ether oxygens (including phenoxy) is 4. The van der Waals surface area contributed by atoms with E-state index in [1.165, 1.54) is 27.7 Å². The predicted octanol–water partition coefficient (Wildman–Crippen LogP) is 7.84. The maximum atomic E-state index is 13.3. The Kier molecular flexibility index (Phi) is 9.79. The van der Waals surface area contributed by atoms with Gasteiger partial charge in [0, 0.05) is 24.2 Å². The summed E-state index contributed by atoms with van der Waals surface area (Å²) >= 11 is 0. The Labute approximate surface area is 332 Å². The van der Waals surface area contributed by atoms with Gasteiger partial charge in [-0.1, -0.05) is 12.1 Å². The van der Waals surface area contributed by atoms with Crippen molar-refractivity contribution >= 4 is 46.4 Å². The summed E-state index contributed by atoms with van der Waals surface area (Å²) in [7, 11) is 0. The van der Waals surface area contributed by atoms with E-state index in [0.717, 1.165) is 24.3 Å². The fourth-order valence-electron chi connectivity index (χ4n) is 10.1. The number of amides is 4. The topological polar surface area (TPSA) is 120 Å². The number of carbonyl (C=O) groups is 4. The molecule has 0 radical (unpaired) electrons. The number of halogens is 10. The minimum atomic E-state index is -4.87. The number of imide groups is 2. The Bertz CT molecular complexity index is 2140. The SMILES string of the molecule is [C-]#[N+]c1ccc(N2C(=O)[C@@H]3[C@H](C2=O)C2(C)C[C@@H](OC(F)F)C3(C)O2)cc1C(F)(F)F.[C-]#[N+]c1ccc(N2C(=O)[C@@H]3[C@H](C2=O)C2(C)C[C@H](OC(F)F)C3(C)O2)cc1C(F)(F)F. The van der Waals surface area contributed by atoms with Gasteiger partial charge in [0.1, 0.15) is 11.2 Å². The largest absolute Gasteiger partial charge is 0.407 e. The molecule has 22 heteroatoms. The Morgan fingerprint density at radius 3 is 1.22 bits per heavy atom. The van der Waals surface area contributed by atoms with Crippen molar-refractivity contribution in [2.75, 3.05) is 9.80 Å². The summed E-state index contributed by atoms with van der Waals surface area (Å²) in [6.45, 7) is 13.4. The maximum Gasteiger partial charge on any atom is 0.407 e. The lowest BCUT2D eigenvalue weighted by atomic mass is 9.67. The number of anilines is 2. The lowest BCUT2D eigenvalue weighted by molar-refractivity contribution is -0.200. The molecule has 6 aliphatic rings. The molecule has 60 heavy (non-hydrogen) atoms. The van der Waals surface area contributed by atoms with Crippen LogP contribution in [-0.4, -0.2) is 71.5 Å². The Morgan fingerprint density at radius 1 is 0.617 bits per heavy atom. The fraction of sp³-hybridized carbons (Fsp3) is 0.526. The zero-order chi connectivity index (χ0) is 44.4. The molecular formula is C38H30F10N4O8. The first-order valence-electron chi connectivity index (χ1n) is 17.9. The third kappa shape index (κ3) is 6.24. The fourth-order valence-corrected chi connectivity index (χ4v) is 10.1. The lowest BCUT2D eigenvalue weighted by Crippen LogP contribution is -2.50. The van der Waals surface area contributed by atoms with Crippen LogP contribution in [0.1, 0.15) is 51.7 Å². The quantitative estimate of drug-likeness (QED) is 0.164. The van der Waals surface area contributed by atoms with Gasteiger partial charge in [-0.3, -0.25) is 19.2 Å². The first-order chi connectivity index (χ1) is 27.7. The number of nitrogens with zero attached hydrogens (tertiary/aromatic N) is 4. The highest BCUT2D eigenvalue weighted by molar-refractivity contribution is 6.24. The van der Waals surface area contributed by atoms with Crippen LogP contribution in [0.4, 0.5) is 66.7 Å². The molecule has 0 N–H and O–H groups in total. The van der Waals surface area contributed by atoms with Crippen molar-refractivity contribution in [2.24, 2.45) is 23.7 Å². The molecule has 0 saturated carbocycles. The summed E-state index contributed by atoms with van der Waals surface area (Å²) < 4.78 is 152. The average molecular weight is 861 g/mol. The van der Waals surface area contributed by atoms with Gasteiger partial charge < -0.3 is 18.9 Å². The zero-order valence-corrected chi connectivity index (χ0v) is 31.3. The number of fused-ring (bicyclic) bond motifs is 10. The lowest BCUT2D eigenvalue weighted by Gasteiger charge is -2.34. The molecule has 2 aromatic carbocycles. The van der Waals surface area contributed by atoms with Gasteiger partial charge in [-0.2, -0.15) is 43.9 Å². The molecule has 6 heterocycles. The number of carbonyl (C=O) groups excluding carboxylic acids is 4. The normalized spacial score (nSPS) is 35.3. The molecule has 6 aliphatic heterocycles. The van der Waals surface area contributed by atoms with E-state index in [0.29, 0.717) is 21.9 Å². The molecule has 4 bridgehead atoms. The highest BCUT2D eigenvalue weighted by Crippen LogP contribution is 2.63. The van der Waals surface area contributed by atoms with E-state index in [1.54, 1.807) is 0 Å². The van der Waals surface area contributed by atoms with Gasteiger partial charge in [0.2, 0.25) is 23.6 Å². The van der Waals surface area contributed by atoms with Crippen LogP contribution in [-0.2, 0) is 50.5 Å². The van der Waals surface area contributed by atoms with Gasteiger partial charge in [-0.05, 0) is 52.0 Å². The van der Waals surface area contributed by atoms with Crippen LogP contribution >= 0.6 is 0 Å². The van der Waals surface area contributed by atoms with E-state index >= 15 is 0 Å². The smallest absolute Gasteiger partial charge is 0.365 e. The molecule has 10 atom stereocenters. The molecule has 320 valence electrons. The molecule has 4 unspecified atom stereocenters. The molecule has 8 rings (SSSR count). The van der Waals surface area contributed by atoms with Crippen LogP contribution < -0.4 is 9.80 Å². The van der Waals surface area contributed by atoms with Gasteiger partial charge in [0.05, 0.1) is 71.4 Å². The first kappa shape index (κ1) is 42.9. The zero-order valence-electron chi connectivity index (χ0n) is 31.3. The summed E-state index contributed by atoms with van der Waals surface area (Å²) in [6, 6.07) is 5.09. The summed E-state index contributed by atoms with van der Waals surface area (Å²) in [5, 5.41) is 0. The molecule has 0 aliphatic carbocycles. The molecule has 12 nitrogen and oxygen atoms in total. The summed E-state index contributed by atoms with van der Waals surface area (Å²) in [5.41, 5.74) is -10.2. The van der Waals surface area contributed by atoms with Crippen molar-refractivity contribution in [3.05, 3.63) is 70.4 Å². The third-order valence-electron chi connectivity index (χ3n) is 12.4. The highest BCUT2D eigenvalue weighted by Gasteiger charge is 2.78. The van der Waals surface area contributed by atoms with E-state index < -0.39 is 130 Å². The van der Waals surface area contributed by atoms with Crippen LogP contribution in [0.2, 0.25) is 0 Å². The van der Waals surface area contributed by atoms with Crippen molar-refractivity contribution < 1.29 is 82.0 Å². The minimum Gasteiger partial charge on any atom is -0.365 e. The maximum absolute atomic E-state index is 13.3. The highest BCUT2D eigenvalue weighted by atomic mass is 19.4. The summed E-state index contributed by atoms with van der Waals surface area (Å²) in [6.07, 6.45) is -12.2. The molecule has 0 spiro atoms. The molecule has 4 amide bonds. The molecule has 2 aromatic rings. The van der Waals surface area contributed by atoms with E-state index in [4.69, 9.17) is 22.6 Å². The van der Waals surface area contributed by atoms with Crippen LogP contribution in [0.25, 0.3) is 9.69 Å². The van der Waals surface area contributed by atoms with Crippen LogP contribution in [0.15, 0.2) is 36.4 Å². The number of hydrogen-bond donors (Lipinski definition) is 0. The van der Waals surface area contributed by atoms with Crippen molar-refractivity contribution in [1.82, 2.24) is 0 Å². The molecule has 6 saturated heterocycles. The Morgan fingerprint density at radius 2 is 0.933 bits per heavy atom. The van der Waals surface area contributed by atoms with Gasteiger partial charge in [-0.25, -0.2) is 19.5 Å². The van der Waals surface area contributed by atoms with Crippen molar-refractivity contribution in [1.29, 1.82) is 0 Å². The third-order valence-corrected chi connectivity index (χ3v) is 12.4. The molecule has 6 fully saturated rings. The van der Waals surface area contributed by atoms with Gasteiger partial charge in [0.25, 0.3) is 0 Å². The summed E-state index contributed by atoms with van der Waals surface area (Å²) in [5.74, 6) is -7.66. The Hall–Kier alpha value is -5.16. The second-order valence-electron chi connectivity index (χ2n) is 15.9. The van der Waals surface area contributed by atoms with Crippen LogP contribution in [0, 0.1) is 36.8 Å². The van der Waals surface area contributed by atoms with E-state index in [-0.39, 0.29) is 24.2 Å². The predicted molar refractivity (Wildman–Crippen MR) is 181 cm³/mol. The standard InChI is InChI=1S/2C19H15F5N2O4/c2*1-17-7-11(29-16(20)21)18(2,30-17)13-12(17)14(27)26(15(13)28)8-4-5-10(25-3)9(6-8)19(22,23)24/h2*4-6,11-13,16H,7H2,1-2H3/t11-,12+,13-,17?,18?;11-,12-,13+,17?,18?/m01/s1. The van der Waals surface area contributed by atoms with Crippen LogP contribution in [0.3, 0.4) is 0 Å². The molecule has 0 aromatic heterocycles. The second-order valence-corrected chi connectivity index (χ2v) is 15.9. The molecular weight excluding hydrogens is 830 g/mol. The monoisotopic (exact) mass is 860 g/mol. The number of hydrogen-bond acceptors (Lipinski definition) is 8. The van der Waals surface area contributed by atoms with Crippen LogP contribution in [0.5, 0.6) is 0 Å². The second kappa shape index (κ2) is 13.7. The van der Waals surface area contributed by atoms with Gasteiger partial charge in [-0.15, -0.1) is 0 Å². The first-order valence-corrected chi connectivity index (χ1v) is 17.9. The summed E-state index contributed by atoms with van der Waals surface area (Å²) in [4.78, 5) is 59.3. The van der Waals surface area contributed by atoms with E-state index in [1.807, 2.05) is 0 Å². The number of benzene rings is 2. The van der Waals surface area contributed by atoms with Gasteiger partial charge in [0.15, 0.2) is 11.4 Å². The Balaban J connectivity index is 0.000000181.